The van der Waals surface area contributed by atoms with E-state index < -0.39 is 29.3 Å². The number of para-hydroxylation sites is 1. The van der Waals surface area contributed by atoms with Gasteiger partial charge in [0.2, 0.25) is 11.7 Å². The van der Waals surface area contributed by atoms with Gasteiger partial charge >= 0.3 is 0 Å². The number of nitrogens with one attached hydrogen (secondary N) is 1. The van der Waals surface area contributed by atoms with Gasteiger partial charge in [-0.25, -0.2) is 9.37 Å². The number of anilines is 2. The van der Waals surface area contributed by atoms with E-state index in [1.165, 1.54) is 30.2 Å². The molecule has 1 aliphatic rings. The number of aromatic nitrogens is 2. The van der Waals surface area contributed by atoms with Crippen molar-refractivity contribution in [3.63, 3.8) is 0 Å². The van der Waals surface area contributed by atoms with Gasteiger partial charge in [-0.15, -0.1) is 0 Å². The Morgan fingerprint density at radius 1 is 1.13 bits per heavy atom. The molecule has 10 heteroatoms. The fourth-order valence-electron chi connectivity index (χ4n) is 4.85. The molecule has 0 bridgehead atoms. The molecule has 2 N–H and O–H groups in total. The lowest BCUT2D eigenvalue weighted by atomic mass is 9.95. The molecule has 3 heterocycles. The summed E-state index contributed by atoms with van der Waals surface area (Å²) in [6.45, 7) is 0. The van der Waals surface area contributed by atoms with Gasteiger partial charge in [0.1, 0.15) is 5.82 Å². The Morgan fingerprint density at radius 2 is 1.90 bits per heavy atom. The van der Waals surface area contributed by atoms with Crippen molar-refractivity contribution in [2.24, 2.45) is 0 Å². The van der Waals surface area contributed by atoms with Crippen LogP contribution in [-0.4, -0.2) is 48.0 Å². The number of H-pyrrole nitrogens is 1. The molecule has 0 fully saturated rings. The molecule has 1 unspecified atom stereocenters. The fraction of sp³-hybridized carbons (Fsp3) is 0.138. The summed E-state index contributed by atoms with van der Waals surface area (Å²) in [4.78, 5) is 37.9. The number of aromatic amines is 1. The Kier molecular flexibility index (Phi) is 5.60. The van der Waals surface area contributed by atoms with Crippen LogP contribution in [0.5, 0.6) is 5.75 Å². The zero-order valence-electron chi connectivity index (χ0n) is 21.2. The van der Waals surface area contributed by atoms with Gasteiger partial charge in [-0.1, -0.05) is 24.3 Å². The van der Waals surface area contributed by atoms with Crippen molar-refractivity contribution in [3.05, 3.63) is 95.2 Å². The van der Waals surface area contributed by atoms with Crippen LogP contribution in [0.2, 0.25) is 0 Å². The van der Waals surface area contributed by atoms with Crippen LogP contribution in [0.4, 0.5) is 16.0 Å². The Labute approximate surface area is 221 Å². The molecule has 1 atom stereocenters. The van der Waals surface area contributed by atoms with Gasteiger partial charge in [-0.2, -0.15) is 0 Å². The van der Waals surface area contributed by atoms with E-state index in [1.807, 2.05) is 31.1 Å². The monoisotopic (exact) mass is 526 g/mol. The number of aliphatic hydroxyl groups excluding tert-OH is 1. The standard InChI is InChI=1S/C29H23FN4O5/c1-33(2)18-10-7-15(8-11-18)24-23(25(35)22-13-16-5-4-6-21(38-3)27(16)39-22)26(36)28(37)34(24)29-31-19-12-9-17(30)14-20(19)32-29/h4-14,24,36H,1-3H3,(H,31,32). The van der Waals surface area contributed by atoms with Gasteiger partial charge in [-0.3, -0.25) is 14.5 Å². The summed E-state index contributed by atoms with van der Waals surface area (Å²) in [6, 6.07) is 17.0. The number of hydrogen-bond acceptors (Lipinski definition) is 7. The zero-order chi connectivity index (χ0) is 27.4. The van der Waals surface area contributed by atoms with Crippen LogP contribution in [0.3, 0.4) is 0 Å². The highest BCUT2D eigenvalue weighted by molar-refractivity contribution is 6.20. The van der Waals surface area contributed by atoms with Crippen LogP contribution >= 0.6 is 0 Å². The van der Waals surface area contributed by atoms with Crippen molar-refractivity contribution < 1.29 is 28.2 Å². The summed E-state index contributed by atoms with van der Waals surface area (Å²) in [7, 11) is 5.28. The number of carbonyl (C=O) groups is 2. The maximum Gasteiger partial charge on any atom is 0.296 e. The van der Waals surface area contributed by atoms with Crippen molar-refractivity contribution in [2.75, 3.05) is 31.0 Å². The maximum atomic E-state index is 13.9. The van der Waals surface area contributed by atoms with E-state index in [2.05, 4.69) is 9.97 Å². The lowest BCUT2D eigenvalue weighted by molar-refractivity contribution is -0.117. The summed E-state index contributed by atoms with van der Waals surface area (Å²) in [6.07, 6.45) is 0. The van der Waals surface area contributed by atoms with Gasteiger partial charge in [-0.05, 0) is 48.0 Å². The van der Waals surface area contributed by atoms with Crippen LogP contribution in [0.25, 0.3) is 22.0 Å². The molecule has 0 saturated carbocycles. The first-order chi connectivity index (χ1) is 18.8. The Bertz CT molecular complexity index is 1800. The number of halogens is 1. The quantitative estimate of drug-likeness (QED) is 0.289. The fourth-order valence-corrected chi connectivity index (χ4v) is 4.85. The van der Waals surface area contributed by atoms with Gasteiger partial charge in [0, 0.05) is 25.2 Å². The van der Waals surface area contributed by atoms with Gasteiger partial charge in [0.15, 0.2) is 22.9 Å². The first-order valence-corrected chi connectivity index (χ1v) is 12.1. The van der Waals surface area contributed by atoms with Crippen LogP contribution in [0.1, 0.15) is 22.2 Å². The molecule has 5 aromatic rings. The van der Waals surface area contributed by atoms with E-state index in [-0.39, 0.29) is 17.3 Å². The number of fused-ring (bicyclic) bond motifs is 2. The number of ether oxygens (including phenoxy) is 1. The summed E-state index contributed by atoms with van der Waals surface area (Å²) in [5.41, 5.74) is 2.45. The second-order valence-electron chi connectivity index (χ2n) is 9.37. The number of nitrogens with zero attached hydrogens (tertiary/aromatic N) is 3. The van der Waals surface area contributed by atoms with E-state index in [9.17, 15) is 19.1 Å². The third-order valence-corrected chi connectivity index (χ3v) is 6.79. The van der Waals surface area contributed by atoms with E-state index in [4.69, 9.17) is 9.15 Å². The van der Waals surface area contributed by atoms with Crippen molar-refractivity contribution >= 4 is 45.3 Å². The van der Waals surface area contributed by atoms with E-state index >= 15 is 0 Å². The number of furan rings is 1. The third kappa shape index (κ3) is 3.88. The van der Waals surface area contributed by atoms with Gasteiger partial charge in [0.25, 0.3) is 5.91 Å². The highest BCUT2D eigenvalue weighted by Crippen LogP contribution is 2.42. The van der Waals surface area contributed by atoms with Crippen LogP contribution in [-0.2, 0) is 4.79 Å². The number of aliphatic hydroxyl groups is 1. The molecular weight excluding hydrogens is 503 g/mol. The molecule has 0 spiro atoms. The minimum absolute atomic E-state index is 0.0583. The Morgan fingerprint density at radius 3 is 2.62 bits per heavy atom. The average molecular weight is 527 g/mol. The zero-order valence-corrected chi connectivity index (χ0v) is 21.2. The number of Topliss-reactive ketones (excluding diaryl/α,β-unsaturated/α-hetero) is 1. The molecular formula is C29H23FN4O5. The maximum absolute atomic E-state index is 13.9. The van der Waals surface area contributed by atoms with Crippen molar-refractivity contribution in [1.82, 2.24) is 9.97 Å². The second-order valence-corrected chi connectivity index (χ2v) is 9.37. The summed E-state index contributed by atoms with van der Waals surface area (Å²) < 4.78 is 25.1. The first kappa shape index (κ1) is 24.2. The number of methoxy groups -OCH3 is 1. The molecule has 3 aromatic carbocycles. The van der Waals surface area contributed by atoms with Crippen LogP contribution in [0, 0.1) is 5.82 Å². The largest absolute Gasteiger partial charge is 0.503 e. The SMILES string of the molecule is COc1cccc2cc(C(=O)C3=C(O)C(=O)N(c4nc5ccc(F)cc5[nH]4)C3c3ccc(N(C)C)cc3)oc12. The minimum atomic E-state index is -1.04. The van der Waals surface area contributed by atoms with E-state index in [1.54, 1.807) is 36.4 Å². The molecule has 0 aliphatic carbocycles. The number of amides is 1. The number of ketones is 1. The molecule has 39 heavy (non-hydrogen) atoms. The summed E-state index contributed by atoms with van der Waals surface area (Å²) >= 11 is 0. The smallest absolute Gasteiger partial charge is 0.296 e. The van der Waals surface area contributed by atoms with Crippen molar-refractivity contribution in [2.45, 2.75) is 6.04 Å². The predicted octanol–water partition coefficient (Wildman–Crippen LogP) is 5.31. The van der Waals surface area contributed by atoms with Gasteiger partial charge < -0.3 is 24.1 Å². The first-order valence-electron chi connectivity index (χ1n) is 12.1. The molecule has 0 radical (unpaired) electrons. The lowest BCUT2D eigenvalue weighted by Crippen LogP contribution is -2.32. The molecule has 9 nitrogen and oxygen atoms in total. The summed E-state index contributed by atoms with van der Waals surface area (Å²) in [5, 5.41) is 11.7. The molecule has 6 rings (SSSR count). The predicted molar refractivity (Wildman–Crippen MR) is 144 cm³/mol. The average Bonchev–Trinajstić information content (AvgIpc) is 3.62. The number of rotatable bonds is 6. The molecule has 1 aliphatic heterocycles. The number of imidazole rings is 1. The lowest BCUT2D eigenvalue weighted by Gasteiger charge is -2.25. The van der Waals surface area contributed by atoms with Crippen molar-refractivity contribution in [3.8, 4) is 5.75 Å². The normalized spacial score (nSPS) is 15.5. The van der Waals surface area contributed by atoms with Crippen molar-refractivity contribution in [1.29, 1.82) is 0 Å². The summed E-state index contributed by atoms with van der Waals surface area (Å²) in [5.74, 6) is -2.24. The second kappa shape index (κ2) is 9.02. The Balaban J connectivity index is 1.50. The Hall–Kier alpha value is -5.12. The van der Waals surface area contributed by atoms with Crippen LogP contribution < -0.4 is 14.5 Å². The van der Waals surface area contributed by atoms with E-state index in [0.717, 1.165) is 5.69 Å². The molecule has 2 aromatic heterocycles. The molecule has 196 valence electrons. The minimum Gasteiger partial charge on any atom is -0.503 e. The number of benzene rings is 3. The topological polar surface area (TPSA) is 112 Å². The number of hydrogen-bond donors (Lipinski definition) is 2. The molecule has 1 amide bonds. The van der Waals surface area contributed by atoms with Crippen LogP contribution in [0.15, 0.2) is 82.5 Å². The van der Waals surface area contributed by atoms with E-state index in [0.29, 0.717) is 33.3 Å². The highest BCUT2D eigenvalue weighted by Gasteiger charge is 2.46. The highest BCUT2D eigenvalue weighted by atomic mass is 19.1. The van der Waals surface area contributed by atoms with Gasteiger partial charge in [0.05, 0.1) is 29.8 Å². The molecule has 0 saturated heterocycles. The third-order valence-electron chi connectivity index (χ3n) is 6.79. The number of carbonyl (C=O) groups excluding carboxylic acids is 2.